The second-order valence-electron chi connectivity index (χ2n) is 3.41. The molecular weight excluding hydrogens is 220 g/mol. The normalized spacial score (nSPS) is 10.8. The number of benzene rings is 1. The molecule has 0 saturated heterocycles. The predicted octanol–water partition coefficient (Wildman–Crippen LogP) is 2.31. The van der Waals surface area contributed by atoms with Crippen LogP contribution in [0.5, 0.6) is 0 Å². The van der Waals surface area contributed by atoms with E-state index in [1.165, 1.54) is 0 Å². The molecule has 0 fully saturated rings. The number of pyridine rings is 1. The van der Waals surface area contributed by atoms with E-state index in [1.54, 1.807) is 0 Å². The lowest BCUT2D eigenvalue weighted by Crippen LogP contribution is -1.86. The molecule has 0 aliphatic carbocycles. The zero-order valence-corrected chi connectivity index (χ0v) is 9.15. The summed E-state index contributed by atoms with van der Waals surface area (Å²) in [6.07, 6.45) is 0. The van der Waals surface area contributed by atoms with Gasteiger partial charge in [0, 0.05) is 5.56 Å². The van der Waals surface area contributed by atoms with E-state index < -0.39 is 0 Å². The number of nitrogens with zero attached hydrogens (tertiary/aromatic N) is 3. The molecule has 4 nitrogen and oxygen atoms in total. The second-order valence-corrected chi connectivity index (χ2v) is 3.83. The Bertz CT molecular complexity index is 633. The molecule has 2 heterocycles. The van der Waals surface area contributed by atoms with Crippen molar-refractivity contribution >= 4 is 23.7 Å². The number of thiol groups is 1. The van der Waals surface area contributed by atoms with Crippen molar-refractivity contribution in [3.05, 3.63) is 36.4 Å². The number of aromatic nitrogens is 4. The van der Waals surface area contributed by atoms with E-state index in [2.05, 4.69) is 33.0 Å². The summed E-state index contributed by atoms with van der Waals surface area (Å²) in [5.74, 6) is 0. The lowest BCUT2D eigenvalue weighted by molar-refractivity contribution is 0.954. The van der Waals surface area contributed by atoms with Crippen LogP contribution in [0.15, 0.2) is 41.4 Å². The minimum Gasteiger partial charge on any atom is -0.257 e. The van der Waals surface area contributed by atoms with Crippen LogP contribution in [0.1, 0.15) is 0 Å². The molecular formula is C11H8N4S. The van der Waals surface area contributed by atoms with E-state index in [9.17, 15) is 0 Å². The van der Waals surface area contributed by atoms with Gasteiger partial charge in [0.2, 0.25) is 0 Å². The quantitative estimate of drug-likeness (QED) is 0.628. The zero-order valence-electron chi connectivity index (χ0n) is 8.25. The van der Waals surface area contributed by atoms with Crippen LogP contribution >= 0.6 is 12.6 Å². The van der Waals surface area contributed by atoms with E-state index in [1.807, 2.05) is 36.4 Å². The van der Waals surface area contributed by atoms with Crippen molar-refractivity contribution in [2.45, 2.75) is 5.03 Å². The van der Waals surface area contributed by atoms with Crippen LogP contribution in [-0.2, 0) is 0 Å². The highest BCUT2D eigenvalue weighted by Crippen LogP contribution is 2.23. The van der Waals surface area contributed by atoms with Crippen LogP contribution in [-0.4, -0.2) is 20.4 Å². The summed E-state index contributed by atoms with van der Waals surface area (Å²) in [6.45, 7) is 0. The number of aromatic amines is 1. The molecule has 78 valence electrons. The topological polar surface area (TPSA) is 54.5 Å². The summed E-state index contributed by atoms with van der Waals surface area (Å²) < 4.78 is 0. The lowest BCUT2D eigenvalue weighted by atomic mass is 10.1. The maximum Gasteiger partial charge on any atom is 0.144 e. The second kappa shape index (κ2) is 3.61. The molecule has 0 aliphatic heterocycles. The third-order valence-electron chi connectivity index (χ3n) is 2.36. The average Bonchev–Trinajstić information content (AvgIpc) is 2.79. The van der Waals surface area contributed by atoms with E-state index in [0.717, 1.165) is 16.8 Å². The van der Waals surface area contributed by atoms with Gasteiger partial charge in [-0.1, -0.05) is 35.5 Å². The van der Waals surface area contributed by atoms with Crippen molar-refractivity contribution < 1.29 is 0 Å². The van der Waals surface area contributed by atoms with Crippen LogP contribution < -0.4 is 0 Å². The van der Waals surface area contributed by atoms with Gasteiger partial charge in [0.1, 0.15) is 10.5 Å². The Kier molecular flexibility index (Phi) is 2.11. The van der Waals surface area contributed by atoms with Gasteiger partial charge in [-0.05, 0) is 6.07 Å². The monoisotopic (exact) mass is 228 g/mol. The predicted molar refractivity (Wildman–Crippen MR) is 64.4 cm³/mol. The number of hydrogen-bond acceptors (Lipinski definition) is 4. The van der Waals surface area contributed by atoms with E-state index in [0.29, 0.717) is 10.5 Å². The third kappa shape index (κ3) is 1.45. The molecule has 2 aromatic heterocycles. The van der Waals surface area contributed by atoms with Crippen LogP contribution in [0, 0.1) is 0 Å². The molecule has 0 spiro atoms. The van der Waals surface area contributed by atoms with Crippen molar-refractivity contribution in [2.75, 3.05) is 0 Å². The Morgan fingerprint density at radius 2 is 1.94 bits per heavy atom. The maximum absolute atomic E-state index is 4.39. The number of hydrogen-bond donors (Lipinski definition) is 2. The van der Waals surface area contributed by atoms with Crippen LogP contribution in [0.4, 0.5) is 0 Å². The van der Waals surface area contributed by atoms with Gasteiger partial charge in [0.15, 0.2) is 0 Å². The minimum atomic E-state index is 0.588. The molecule has 0 radical (unpaired) electrons. The highest BCUT2D eigenvalue weighted by molar-refractivity contribution is 7.80. The molecule has 3 rings (SSSR count). The first kappa shape index (κ1) is 9.35. The SMILES string of the molecule is Sc1nc(-c2ccccc2)cc2[nH]nnc12. The van der Waals surface area contributed by atoms with Gasteiger partial charge in [-0.25, -0.2) is 4.98 Å². The van der Waals surface area contributed by atoms with Gasteiger partial charge in [-0.3, -0.25) is 5.10 Å². The molecule has 3 aromatic rings. The molecule has 5 heteroatoms. The molecule has 0 bridgehead atoms. The molecule has 1 aromatic carbocycles. The summed E-state index contributed by atoms with van der Waals surface area (Å²) in [6, 6.07) is 11.9. The zero-order chi connectivity index (χ0) is 11.0. The molecule has 0 unspecified atom stereocenters. The summed E-state index contributed by atoms with van der Waals surface area (Å²) in [5, 5.41) is 11.1. The first-order valence-corrected chi connectivity index (χ1v) is 5.25. The first-order chi connectivity index (χ1) is 7.84. The van der Waals surface area contributed by atoms with E-state index in [4.69, 9.17) is 0 Å². The fraction of sp³-hybridized carbons (Fsp3) is 0. The largest absolute Gasteiger partial charge is 0.257 e. The van der Waals surface area contributed by atoms with E-state index in [-0.39, 0.29) is 0 Å². The Morgan fingerprint density at radius 3 is 2.75 bits per heavy atom. The number of rotatable bonds is 1. The highest BCUT2D eigenvalue weighted by atomic mass is 32.1. The molecule has 0 atom stereocenters. The average molecular weight is 228 g/mol. The maximum atomic E-state index is 4.39. The standard InChI is InChI=1S/C11H8N4S/c16-11-10-9(13-15-14-10)6-8(12-11)7-4-2-1-3-5-7/h1-6H,(H,12,16)(H,13,14,15). The fourth-order valence-electron chi connectivity index (χ4n) is 1.59. The number of fused-ring (bicyclic) bond motifs is 1. The summed E-state index contributed by atoms with van der Waals surface area (Å²) >= 11 is 4.30. The Labute approximate surface area is 97.1 Å². The van der Waals surface area contributed by atoms with Crippen LogP contribution in [0.3, 0.4) is 0 Å². The number of H-pyrrole nitrogens is 1. The molecule has 0 aliphatic rings. The first-order valence-electron chi connectivity index (χ1n) is 4.81. The van der Waals surface area contributed by atoms with Gasteiger partial charge >= 0.3 is 0 Å². The molecule has 0 saturated carbocycles. The van der Waals surface area contributed by atoms with Crippen molar-refractivity contribution in [2.24, 2.45) is 0 Å². The summed E-state index contributed by atoms with van der Waals surface area (Å²) in [7, 11) is 0. The smallest absolute Gasteiger partial charge is 0.144 e. The minimum absolute atomic E-state index is 0.588. The van der Waals surface area contributed by atoms with Gasteiger partial charge in [-0.15, -0.1) is 17.7 Å². The van der Waals surface area contributed by atoms with Gasteiger partial charge < -0.3 is 0 Å². The fourth-order valence-corrected chi connectivity index (χ4v) is 1.87. The van der Waals surface area contributed by atoms with Gasteiger partial charge in [-0.2, -0.15) is 0 Å². The molecule has 16 heavy (non-hydrogen) atoms. The van der Waals surface area contributed by atoms with E-state index >= 15 is 0 Å². The number of nitrogens with one attached hydrogen (secondary N) is 1. The molecule has 0 amide bonds. The summed E-state index contributed by atoms with van der Waals surface area (Å²) in [5.41, 5.74) is 3.46. The van der Waals surface area contributed by atoms with Crippen molar-refractivity contribution in [3.63, 3.8) is 0 Å². The summed E-state index contributed by atoms with van der Waals surface area (Å²) in [4.78, 5) is 4.39. The van der Waals surface area contributed by atoms with Crippen molar-refractivity contribution in [3.8, 4) is 11.3 Å². The molecule has 1 N–H and O–H groups in total. The van der Waals surface area contributed by atoms with Crippen molar-refractivity contribution in [1.82, 2.24) is 20.4 Å². The lowest BCUT2D eigenvalue weighted by Gasteiger charge is -2.01. The van der Waals surface area contributed by atoms with Crippen LogP contribution in [0.2, 0.25) is 0 Å². The van der Waals surface area contributed by atoms with Crippen LogP contribution in [0.25, 0.3) is 22.3 Å². The Hall–Kier alpha value is -1.88. The highest BCUT2D eigenvalue weighted by Gasteiger charge is 2.07. The van der Waals surface area contributed by atoms with Crippen molar-refractivity contribution in [1.29, 1.82) is 0 Å². The Balaban J connectivity index is 2.25. The van der Waals surface area contributed by atoms with Gasteiger partial charge in [0.25, 0.3) is 0 Å². The third-order valence-corrected chi connectivity index (χ3v) is 2.68. The Morgan fingerprint density at radius 1 is 1.12 bits per heavy atom. The van der Waals surface area contributed by atoms with Gasteiger partial charge in [0.05, 0.1) is 11.2 Å².